The van der Waals surface area contributed by atoms with Crippen molar-refractivity contribution in [3.63, 3.8) is 0 Å². The summed E-state index contributed by atoms with van der Waals surface area (Å²) in [6.07, 6.45) is 1.52. The lowest BCUT2D eigenvalue weighted by Crippen LogP contribution is -2.13. The lowest BCUT2D eigenvalue weighted by atomic mass is 10.2. The molecule has 1 N–H and O–H groups in total. The number of anilines is 1. The van der Waals surface area contributed by atoms with E-state index >= 15 is 0 Å². The second-order valence-electron chi connectivity index (χ2n) is 5.15. The van der Waals surface area contributed by atoms with Gasteiger partial charge in [0.15, 0.2) is 11.5 Å². The number of carbonyl (C=O) groups excluding carboxylic acids is 1. The van der Waals surface area contributed by atoms with Crippen LogP contribution >= 0.6 is 23.4 Å². The highest BCUT2D eigenvalue weighted by Crippen LogP contribution is 2.33. The summed E-state index contributed by atoms with van der Waals surface area (Å²) in [5.41, 5.74) is 1.32. The molecule has 0 fully saturated rings. The third-order valence-corrected chi connectivity index (χ3v) is 4.87. The summed E-state index contributed by atoms with van der Waals surface area (Å²) >= 11 is 7.72. The van der Waals surface area contributed by atoms with Crippen molar-refractivity contribution in [3.8, 4) is 5.75 Å². The largest absolute Gasteiger partial charge is 0.493 e. The number of hydrogen-bond donors (Lipinski definition) is 1. The van der Waals surface area contributed by atoms with Gasteiger partial charge in [-0.05, 0) is 30.3 Å². The van der Waals surface area contributed by atoms with Crippen molar-refractivity contribution in [1.29, 1.82) is 0 Å². The molecule has 1 aromatic heterocycles. The van der Waals surface area contributed by atoms with Gasteiger partial charge in [-0.2, -0.15) is 0 Å². The monoisotopic (exact) mass is 373 g/mol. The zero-order valence-corrected chi connectivity index (χ0v) is 15.1. The van der Waals surface area contributed by atoms with Crippen molar-refractivity contribution in [3.05, 3.63) is 77.2 Å². The SMILES string of the molecule is COc1c(Cl)cccc1NC(=O)c1occc1CSc1ccccc1. The minimum absolute atomic E-state index is 0.283. The highest BCUT2D eigenvalue weighted by atomic mass is 35.5. The molecule has 3 rings (SSSR count). The molecule has 3 aromatic rings. The third-order valence-electron chi connectivity index (χ3n) is 3.51. The first kappa shape index (κ1) is 17.5. The second-order valence-corrected chi connectivity index (χ2v) is 6.61. The number of para-hydroxylation sites is 1. The quantitative estimate of drug-likeness (QED) is 0.581. The van der Waals surface area contributed by atoms with Crippen molar-refractivity contribution in [2.75, 3.05) is 12.4 Å². The Kier molecular flexibility index (Phi) is 5.68. The van der Waals surface area contributed by atoms with E-state index < -0.39 is 0 Å². The van der Waals surface area contributed by atoms with Crippen LogP contribution in [-0.4, -0.2) is 13.0 Å². The Balaban J connectivity index is 1.74. The third kappa shape index (κ3) is 4.18. The van der Waals surface area contributed by atoms with Crippen molar-refractivity contribution < 1.29 is 13.9 Å². The fourth-order valence-electron chi connectivity index (χ4n) is 2.32. The predicted molar refractivity (Wildman–Crippen MR) is 101 cm³/mol. The van der Waals surface area contributed by atoms with Gasteiger partial charge in [0.2, 0.25) is 0 Å². The number of methoxy groups -OCH3 is 1. The minimum atomic E-state index is -0.339. The van der Waals surface area contributed by atoms with Crippen LogP contribution in [0.5, 0.6) is 5.75 Å². The molecule has 0 aliphatic heterocycles. The van der Waals surface area contributed by atoms with Crippen LogP contribution in [0.4, 0.5) is 5.69 Å². The molecule has 0 radical (unpaired) electrons. The molecule has 6 heteroatoms. The van der Waals surface area contributed by atoms with Gasteiger partial charge in [-0.1, -0.05) is 35.9 Å². The molecule has 0 saturated heterocycles. The molecule has 0 aliphatic rings. The molecule has 25 heavy (non-hydrogen) atoms. The van der Waals surface area contributed by atoms with Gasteiger partial charge in [0, 0.05) is 16.2 Å². The van der Waals surface area contributed by atoms with Gasteiger partial charge in [0.05, 0.1) is 24.1 Å². The van der Waals surface area contributed by atoms with E-state index in [0.29, 0.717) is 22.2 Å². The Morgan fingerprint density at radius 3 is 2.72 bits per heavy atom. The summed E-state index contributed by atoms with van der Waals surface area (Å²) in [6, 6.07) is 17.0. The lowest BCUT2D eigenvalue weighted by Gasteiger charge is -2.11. The second kappa shape index (κ2) is 8.14. The average molecular weight is 374 g/mol. The van der Waals surface area contributed by atoms with E-state index in [4.69, 9.17) is 20.8 Å². The molecule has 1 amide bonds. The first-order valence-corrected chi connectivity index (χ1v) is 8.93. The molecule has 0 bridgehead atoms. The summed E-state index contributed by atoms with van der Waals surface area (Å²) < 4.78 is 10.6. The molecule has 0 saturated carbocycles. The molecule has 1 heterocycles. The molecule has 0 spiro atoms. The predicted octanol–water partition coefficient (Wildman–Crippen LogP) is 5.49. The Labute approximate surface area is 155 Å². The maximum Gasteiger partial charge on any atom is 0.291 e. The van der Waals surface area contributed by atoms with Gasteiger partial charge in [-0.25, -0.2) is 0 Å². The van der Waals surface area contributed by atoms with E-state index in [0.717, 1.165) is 10.5 Å². The van der Waals surface area contributed by atoms with Crippen LogP contribution in [0.2, 0.25) is 5.02 Å². The molecule has 4 nitrogen and oxygen atoms in total. The number of furan rings is 1. The van der Waals surface area contributed by atoms with Gasteiger partial charge in [-0.3, -0.25) is 4.79 Å². The molecule has 128 valence electrons. The number of carbonyl (C=O) groups is 1. The lowest BCUT2D eigenvalue weighted by molar-refractivity contribution is 0.0995. The van der Waals surface area contributed by atoms with Crippen molar-refractivity contribution in [2.45, 2.75) is 10.6 Å². The molecule has 2 aromatic carbocycles. The van der Waals surface area contributed by atoms with Gasteiger partial charge >= 0.3 is 0 Å². The zero-order chi connectivity index (χ0) is 17.6. The molecule has 0 atom stereocenters. The maximum absolute atomic E-state index is 12.6. The van der Waals surface area contributed by atoms with E-state index in [-0.39, 0.29) is 11.7 Å². The van der Waals surface area contributed by atoms with Crippen LogP contribution in [0.25, 0.3) is 0 Å². The van der Waals surface area contributed by atoms with Gasteiger partial charge in [0.25, 0.3) is 5.91 Å². The van der Waals surface area contributed by atoms with E-state index in [9.17, 15) is 4.79 Å². The summed E-state index contributed by atoms with van der Waals surface area (Å²) in [5, 5.41) is 3.22. The van der Waals surface area contributed by atoms with Crippen LogP contribution in [-0.2, 0) is 5.75 Å². The highest BCUT2D eigenvalue weighted by molar-refractivity contribution is 7.98. The van der Waals surface area contributed by atoms with Crippen molar-refractivity contribution in [1.82, 2.24) is 0 Å². The van der Waals surface area contributed by atoms with E-state index in [1.807, 2.05) is 30.3 Å². The van der Waals surface area contributed by atoms with Gasteiger partial charge in [-0.15, -0.1) is 11.8 Å². The van der Waals surface area contributed by atoms with Crippen LogP contribution in [0.1, 0.15) is 16.1 Å². The number of rotatable bonds is 6. The number of amides is 1. The van der Waals surface area contributed by atoms with E-state index in [2.05, 4.69) is 5.32 Å². The summed E-state index contributed by atoms with van der Waals surface area (Å²) in [7, 11) is 1.51. The van der Waals surface area contributed by atoms with Gasteiger partial charge in [0.1, 0.15) is 0 Å². The molecular formula is C19H16ClNO3S. The summed E-state index contributed by atoms with van der Waals surface area (Å²) in [4.78, 5) is 13.7. The summed E-state index contributed by atoms with van der Waals surface area (Å²) in [6.45, 7) is 0. The number of halogens is 1. The number of benzene rings is 2. The normalized spacial score (nSPS) is 10.5. The maximum atomic E-state index is 12.6. The highest BCUT2D eigenvalue weighted by Gasteiger charge is 2.18. The van der Waals surface area contributed by atoms with Crippen molar-refractivity contribution >= 4 is 35.0 Å². The molecule has 0 unspecified atom stereocenters. The molecular weight excluding hydrogens is 358 g/mol. The Bertz CT molecular complexity index is 864. The fraction of sp³-hybridized carbons (Fsp3) is 0.105. The Morgan fingerprint density at radius 2 is 1.96 bits per heavy atom. The minimum Gasteiger partial charge on any atom is -0.493 e. The average Bonchev–Trinajstić information content (AvgIpc) is 3.10. The number of nitrogens with one attached hydrogen (secondary N) is 1. The first-order valence-electron chi connectivity index (χ1n) is 7.57. The van der Waals surface area contributed by atoms with Crippen LogP contribution in [0.3, 0.4) is 0 Å². The smallest absolute Gasteiger partial charge is 0.291 e. The Hall–Kier alpha value is -2.37. The van der Waals surface area contributed by atoms with Crippen LogP contribution in [0, 0.1) is 0 Å². The van der Waals surface area contributed by atoms with E-state index in [1.165, 1.54) is 13.4 Å². The van der Waals surface area contributed by atoms with Crippen LogP contribution in [0.15, 0.2) is 70.2 Å². The molecule has 0 aliphatic carbocycles. The summed E-state index contributed by atoms with van der Waals surface area (Å²) in [5.74, 6) is 1.000. The Morgan fingerprint density at radius 1 is 1.16 bits per heavy atom. The fourth-order valence-corrected chi connectivity index (χ4v) is 3.47. The number of hydrogen-bond acceptors (Lipinski definition) is 4. The first-order chi connectivity index (χ1) is 12.2. The zero-order valence-electron chi connectivity index (χ0n) is 13.5. The van der Waals surface area contributed by atoms with Crippen LogP contribution < -0.4 is 10.1 Å². The standard InChI is InChI=1S/C19H16ClNO3S/c1-23-18-15(20)8-5-9-16(18)21-19(22)17-13(10-11-24-17)12-25-14-6-3-2-4-7-14/h2-11H,12H2,1H3,(H,21,22). The van der Waals surface area contributed by atoms with E-state index in [1.54, 1.807) is 36.0 Å². The topological polar surface area (TPSA) is 51.5 Å². The van der Waals surface area contributed by atoms with Gasteiger partial charge < -0.3 is 14.5 Å². The number of ether oxygens (including phenoxy) is 1. The van der Waals surface area contributed by atoms with Crippen molar-refractivity contribution in [2.24, 2.45) is 0 Å². The number of thioether (sulfide) groups is 1.